The second kappa shape index (κ2) is 12.3. The summed E-state index contributed by atoms with van der Waals surface area (Å²) < 4.78 is 0. The number of aryl methyl sites for hydroxylation is 2. The van der Waals surface area contributed by atoms with Gasteiger partial charge in [-0.25, -0.2) is 4.99 Å². The molecule has 1 fully saturated rings. The molecule has 1 amide bonds. The molecule has 3 N–H and O–H groups in total. The number of aromatic nitrogens is 1. The Morgan fingerprint density at radius 3 is 2.76 bits per heavy atom. The molecule has 212 valence electrons. The number of hydrogen-bond donors (Lipinski definition) is 3. The number of fused-ring (bicyclic) bond motifs is 1. The second-order valence-corrected chi connectivity index (χ2v) is 11.1. The van der Waals surface area contributed by atoms with E-state index >= 15 is 0 Å². The van der Waals surface area contributed by atoms with E-state index in [9.17, 15) is 9.90 Å². The number of anilines is 2. The number of piperazine rings is 1. The van der Waals surface area contributed by atoms with E-state index in [1.807, 2.05) is 42.6 Å². The topological polar surface area (TPSA) is 93.1 Å². The highest BCUT2D eigenvalue weighted by Gasteiger charge is 2.30. The van der Waals surface area contributed by atoms with E-state index in [1.54, 1.807) is 6.20 Å². The van der Waals surface area contributed by atoms with Crippen LogP contribution in [-0.4, -0.2) is 71.0 Å². The Bertz CT molecular complexity index is 1460. The number of aliphatic hydroxyl groups is 1. The molecule has 2 aromatic carbocycles. The average molecular weight is 551 g/mol. The third-order valence-electron chi connectivity index (χ3n) is 8.42. The molecule has 1 aromatic heterocycles. The summed E-state index contributed by atoms with van der Waals surface area (Å²) in [6.45, 7) is 7.06. The van der Waals surface area contributed by atoms with Crippen LogP contribution in [-0.2, 0) is 6.42 Å². The first kappa shape index (κ1) is 27.3. The molecule has 0 spiro atoms. The molecule has 1 saturated heterocycles. The molecule has 3 heterocycles. The van der Waals surface area contributed by atoms with Gasteiger partial charge in [0.25, 0.3) is 5.91 Å². The lowest BCUT2D eigenvalue weighted by molar-refractivity contribution is 0.0836. The Kier molecular flexibility index (Phi) is 8.23. The van der Waals surface area contributed by atoms with Crippen LogP contribution in [0, 0.1) is 6.92 Å². The molecular formula is C33H38N6O2. The van der Waals surface area contributed by atoms with E-state index in [4.69, 9.17) is 4.99 Å². The Hall–Kier alpha value is -3.85. The largest absolute Gasteiger partial charge is 0.395 e. The van der Waals surface area contributed by atoms with Crippen LogP contribution in [0.4, 0.5) is 11.4 Å². The molecule has 1 aliphatic carbocycles. The molecule has 8 nitrogen and oxygen atoms in total. The zero-order chi connectivity index (χ0) is 28.2. The van der Waals surface area contributed by atoms with Gasteiger partial charge in [0.05, 0.1) is 12.3 Å². The molecule has 1 unspecified atom stereocenters. The Labute approximate surface area is 241 Å². The highest BCUT2D eigenvalue weighted by Crippen LogP contribution is 2.37. The minimum absolute atomic E-state index is 0.0968. The van der Waals surface area contributed by atoms with E-state index in [0.29, 0.717) is 11.6 Å². The zero-order valence-electron chi connectivity index (χ0n) is 23.6. The van der Waals surface area contributed by atoms with Crippen molar-refractivity contribution in [3.05, 3.63) is 94.8 Å². The smallest absolute Gasteiger partial charge is 0.255 e. The molecule has 41 heavy (non-hydrogen) atoms. The first-order valence-corrected chi connectivity index (χ1v) is 14.6. The summed E-state index contributed by atoms with van der Waals surface area (Å²) in [5.41, 5.74) is 8.03. The van der Waals surface area contributed by atoms with E-state index in [0.717, 1.165) is 92.4 Å². The van der Waals surface area contributed by atoms with Gasteiger partial charge in [0.2, 0.25) is 0 Å². The van der Waals surface area contributed by atoms with Crippen LogP contribution in [0.25, 0.3) is 5.70 Å². The van der Waals surface area contributed by atoms with Crippen molar-refractivity contribution in [2.75, 3.05) is 50.0 Å². The van der Waals surface area contributed by atoms with Gasteiger partial charge in [-0.1, -0.05) is 18.2 Å². The van der Waals surface area contributed by atoms with Crippen molar-refractivity contribution >= 4 is 28.8 Å². The Morgan fingerprint density at radius 2 is 1.95 bits per heavy atom. The number of hydrogen-bond acceptors (Lipinski definition) is 7. The fourth-order valence-electron chi connectivity index (χ4n) is 6.13. The zero-order valence-corrected chi connectivity index (χ0v) is 23.6. The number of carbonyl (C=O) groups is 1. The highest BCUT2D eigenvalue weighted by molar-refractivity contribution is 6.05. The van der Waals surface area contributed by atoms with Crippen LogP contribution in [0.5, 0.6) is 0 Å². The molecule has 6 rings (SSSR count). The Morgan fingerprint density at radius 1 is 1.07 bits per heavy atom. The first-order valence-electron chi connectivity index (χ1n) is 14.6. The standard InChI is InChI=1S/C33H38N6O2/c1-23-7-10-27(21-30(23)37-32-6-2-5-29(36-32)26-4-3-13-34-22-26)35-33(41)25-8-11-28-24(20-25)9-12-31(28)39-16-14-38(15-17-39)18-19-40/h3-5,7-8,10-11,13,20-22,31,40H,2,6,9,12,14-19H2,1H3,(H,35,41)(H,36,37). The van der Waals surface area contributed by atoms with Gasteiger partial charge in [-0.15, -0.1) is 0 Å². The fraction of sp³-hybridized carbons (Fsp3) is 0.364. The number of amides is 1. The molecule has 0 saturated carbocycles. The molecule has 8 heteroatoms. The number of aliphatic imine (C=N–C) groups is 1. The maximum absolute atomic E-state index is 13.3. The summed E-state index contributed by atoms with van der Waals surface area (Å²) in [6, 6.07) is 16.5. The van der Waals surface area contributed by atoms with Crippen molar-refractivity contribution in [1.82, 2.24) is 14.8 Å². The predicted octanol–water partition coefficient (Wildman–Crippen LogP) is 4.88. The van der Waals surface area contributed by atoms with Crippen molar-refractivity contribution in [2.45, 2.75) is 38.6 Å². The molecule has 2 aliphatic heterocycles. The number of rotatable bonds is 7. The van der Waals surface area contributed by atoms with Crippen molar-refractivity contribution in [2.24, 2.45) is 4.99 Å². The number of benzene rings is 2. The SMILES string of the molecule is Cc1ccc(NC(=O)c2ccc3c(c2)CCC3N2CCN(CCO)CC2)cc1NC1=NC(c2cccnc2)=CCC1. The van der Waals surface area contributed by atoms with Gasteiger partial charge in [-0.2, -0.15) is 0 Å². The van der Waals surface area contributed by atoms with E-state index in [2.05, 4.69) is 50.5 Å². The van der Waals surface area contributed by atoms with E-state index < -0.39 is 0 Å². The lowest BCUT2D eigenvalue weighted by Crippen LogP contribution is -2.47. The van der Waals surface area contributed by atoms with Crippen LogP contribution in [0.1, 0.15) is 57.9 Å². The summed E-state index contributed by atoms with van der Waals surface area (Å²) >= 11 is 0. The first-order chi connectivity index (χ1) is 20.1. The van der Waals surface area contributed by atoms with Gasteiger partial charge in [-0.3, -0.25) is 19.6 Å². The molecule has 3 aliphatic rings. The van der Waals surface area contributed by atoms with E-state index in [1.165, 1.54) is 11.1 Å². The van der Waals surface area contributed by atoms with Gasteiger partial charge < -0.3 is 15.7 Å². The maximum atomic E-state index is 13.3. The van der Waals surface area contributed by atoms with Crippen molar-refractivity contribution < 1.29 is 9.90 Å². The van der Waals surface area contributed by atoms with Crippen LogP contribution in [0.2, 0.25) is 0 Å². The number of allylic oxidation sites excluding steroid dienone is 1. The minimum atomic E-state index is -0.0968. The number of β-amino-alcohol motifs (C(OH)–C–C–N with tert-alkyl or cyclic N) is 1. The van der Waals surface area contributed by atoms with Gasteiger partial charge in [0.1, 0.15) is 5.84 Å². The lowest BCUT2D eigenvalue weighted by atomic mass is 10.0. The monoisotopic (exact) mass is 550 g/mol. The average Bonchev–Trinajstić information content (AvgIpc) is 3.43. The summed E-state index contributed by atoms with van der Waals surface area (Å²) in [7, 11) is 0. The van der Waals surface area contributed by atoms with Crippen LogP contribution in [0.15, 0.2) is 72.0 Å². The van der Waals surface area contributed by atoms with Gasteiger partial charge in [-0.05, 0) is 79.3 Å². The highest BCUT2D eigenvalue weighted by atomic mass is 16.3. The predicted molar refractivity (Wildman–Crippen MR) is 164 cm³/mol. The number of aliphatic hydroxyl groups excluding tert-OH is 1. The molecule has 0 radical (unpaired) electrons. The molecule has 0 bridgehead atoms. The molecule has 1 atom stereocenters. The lowest BCUT2D eigenvalue weighted by Gasteiger charge is -2.38. The number of amidine groups is 1. The van der Waals surface area contributed by atoms with Gasteiger partial charge in [0, 0.05) is 80.1 Å². The number of nitrogens with zero attached hydrogens (tertiary/aromatic N) is 4. The quantitative estimate of drug-likeness (QED) is 0.388. The Balaban J connectivity index is 1.11. The molecular weight excluding hydrogens is 512 g/mol. The van der Waals surface area contributed by atoms with Crippen molar-refractivity contribution in [3.63, 3.8) is 0 Å². The summed E-state index contributed by atoms with van der Waals surface area (Å²) in [6.07, 6.45) is 9.56. The van der Waals surface area contributed by atoms with Gasteiger partial charge in [0.15, 0.2) is 0 Å². The second-order valence-electron chi connectivity index (χ2n) is 11.1. The van der Waals surface area contributed by atoms with Crippen LogP contribution in [0.3, 0.4) is 0 Å². The number of carbonyl (C=O) groups excluding carboxylic acids is 1. The minimum Gasteiger partial charge on any atom is -0.395 e. The maximum Gasteiger partial charge on any atom is 0.255 e. The third-order valence-corrected chi connectivity index (χ3v) is 8.42. The van der Waals surface area contributed by atoms with E-state index in [-0.39, 0.29) is 12.5 Å². The summed E-state index contributed by atoms with van der Waals surface area (Å²) in [4.78, 5) is 27.2. The van der Waals surface area contributed by atoms with Crippen LogP contribution < -0.4 is 10.6 Å². The summed E-state index contributed by atoms with van der Waals surface area (Å²) in [5.74, 6) is 0.807. The number of nitrogens with one attached hydrogen (secondary N) is 2. The van der Waals surface area contributed by atoms with Crippen molar-refractivity contribution in [3.8, 4) is 0 Å². The third kappa shape index (κ3) is 6.25. The van der Waals surface area contributed by atoms with Crippen molar-refractivity contribution in [1.29, 1.82) is 0 Å². The normalized spacial score (nSPS) is 19.3. The number of pyridine rings is 1. The fourth-order valence-corrected chi connectivity index (χ4v) is 6.13. The van der Waals surface area contributed by atoms with Gasteiger partial charge >= 0.3 is 0 Å². The van der Waals surface area contributed by atoms with Crippen LogP contribution >= 0.6 is 0 Å². The summed E-state index contributed by atoms with van der Waals surface area (Å²) in [5, 5.41) is 15.8. The molecule has 3 aromatic rings.